The van der Waals surface area contributed by atoms with Crippen molar-refractivity contribution in [1.82, 2.24) is 15.1 Å². The largest absolute Gasteiger partial charge is 0.352 e. The van der Waals surface area contributed by atoms with Crippen LogP contribution in [0.5, 0.6) is 0 Å². The highest BCUT2D eigenvalue weighted by Crippen LogP contribution is 2.35. The first-order valence-electron chi connectivity index (χ1n) is 13.6. The SMILES string of the molecule is CC[C@H](C(=O)NC1CCCCC1)N(CCc1ccccc1)C(=O)CCN1C(=O)[C@H]2CC=CC[C@H]2C1=O. The second-order valence-electron chi connectivity index (χ2n) is 10.3. The molecule has 1 heterocycles. The number of amides is 4. The second-order valence-corrected chi connectivity index (χ2v) is 10.3. The molecule has 4 rings (SSSR count). The minimum Gasteiger partial charge on any atom is -0.352 e. The van der Waals surface area contributed by atoms with E-state index in [0.29, 0.717) is 32.2 Å². The van der Waals surface area contributed by atoms with E-state index in [2.05, 4.69) is 5.32 Å². The fourth-order valence-corrected chi connectivity index (χ4v) is 5.88. The van der Waals surface area contributed by atoms with Gasteiger partial charge in [0, 0.05) is 25.6 Å². The lowest BCUT2D eigenvalue weighted by atomic mass is 9.85. The quantitative estimate of drug-likeness (QED) is 0.398. The maximum Gasteiger partial charge on any atom is 0.243 e. The molecule has 7 nitrogen and oxygen atoms in total. The summed E-state index contributed by atoms with van der Waals surface area (Å²) in [6, 6.07) is 9.52. The van der Waals surface area contributed by atoms with Crippen LogP contribution in [0.2, 0.25) is 0 Å². The van der Waals surface area contributed by atoms with Crippen molar-refractivity contribution >= 4 is 23.6 Å². The number of rotatable bonds is 10. The first kappa shape index (κ1) is 26.1. The lowest BCUT2D eigenvalue weighted by Crippen LogP contribution is -2.53. The third-order valence-electron chi connectivity index (χ3n) is 7.97. The molecule has 0 spiro atoms. The van der Waals surface area contributed by atoms with Crippen LogP contribution in [0.4, 0.5) is 0 Å². The third-order valence-corrected chi connectivity index (χ3v) is 7.97. The Morgan fingerprint density at radius 2 is 1.64 bits per heavy atom. The Kier molecular flexibility index (Phi) is 8.94. The number of carbonyl (C=O) groups is 4. The zero-order valence-electron chi connectivity index (χ0n) is 21.4. The number of fused-ring (bicyclic) bond motifs is 1. The van der Waals surface area contributed by atoms with E-state index in [1.807, 2.05) is 49.4 Å². The number of hydrogen-bond donors (Lipinski definition) is 1. The molecule has 1 aromatic rings. The van der Waals surface area contributed by atoms with E-state index in [1.54, 1.807) is 4.90 Å². The van der Waals surface area contributed by atoms with E-state index in [-0.39, 0.29) is 54.5 Å². The molecular weight excluding hydrogens is 454 g/mol. The number of benzene rings is 1. The van der Waals surface area contributed by atoms with Crippen LogP contribution < -0.4 is 5.32 Å². The molecular formula is C29H39N3O4. The number of hydrogen-bond acceptors (Lipinski definition) is 4. The van der Waals surface area contributed by atoms with Gasteiger partial charge in [0.25, 0.3) is 0 Å². The Hall–Kier alpha value is -2.96. The van der Waals surface area contributed by atoms with Crippen molar-refractivity contribution in [3.05, 3.63) is 48.0 Å². The summed E-state index contributed by atoms with van der Waals surface area (Å²) in [6.45, 7) is 2.42. The highest BCUT2D eigenvalue weighted by atomic mass is 16.2. The number of carbonyl (C=O) groups excluding carboxylic acids is 4. The van der Waals surface area contributed by atoms with Gasteiger partial charge in [0.15, 0.2) is 0 Å². The minimum atomic E-state index is -0.570. The van der Waals surface area contributed by atoms with Gasteiger partial charge in [0.2, 0.25) is 23.6 Å². The molecule has 0 bridgehead atoms. The van der Waals surface area contributed by atoms with Gasteiger partial charge >= 0.3 is 0 Å². The molecule has 0 unspecified atom stereocenters. The van der Waals surface area contributed by atoms with Gasteiger partial charge in [-0.15, -0.1) is 0 Å². The molecule has 36 heavy (non-hydrogen) atoms. The lowest BCUT2D eigenvalue weighted by Gasteiger charge is -2.33. The van der Waals surface area contributed by atoms with Crippen LogP contribution in [0.25, 0.3) is 0 Å². The summed E-state index contributed by atoms with van der Waals surface area (Å²) in [7, 11) is 0. The fraction of sp³-hybridized carbons (Fsp3) is 0.586. The number of nitrogens with zero attached hydrogens (tertiary/aromatic N) is 2. The molecule has 0 aromatic heterocycles. The van der Waals surface area contributed by atoms with Crippen LogP contribution in [0.1, 0.15) is 70.3 Å². The molecule has 1 saturated carbocycles. The van der Waals surface area contributed by atoms with Gasteiger partial charge in [-0.3, -0.25) is 24.1 Å². The predicted molar refractivity (Wildman–Crippen MR) is 138 cm³/mol. The third kappa shape index (κ3) is 6.05. The summed E-state index contributed by atoms with van der Waals surface area (Å²) in [5.41, 5.74) is 1.10. The standard InChI is InChI=1S/C29H39N3O4/c1-2-25(27(34)30-22-13-7-4-8-14-22)31(19-17-21-11-5-3-6-12-21)26(33)18-20-32-28(35)23-15-9-10-16-24(23)29(32)36/h3,5-6,9-12,22-25H,2,4,7-8,13-20H2,1H3,(H,30,34)/t23-,24+,25-/m1/s1. The normalized spacial score (nSPS) is 22.9. The number of nitrogens with one attached hydrogen (secondary N) is 1. The van der Waals surface area contributed by atoms with Crippen molar-refractivity contribution in [3.8, 4) is 0 Å². The average Bonchev–Trinajstić information content (AvgIpc) is 3.15. The fourth-order valence-electron chi connectivity index (χ4n) is 5.88. The van der Waals surface area contributed by atoms with Crippen LogP contribution >= 0.6 is 0 Å². The smallest absolute Gasteiger partial charge is 0.243 e. The van der Waals surface area contributed by atoms with Crippen molar-refractivity contribution in [3.63, 3.8) is 0 Å². The van der Waals surface area contributed by atoms with Gasteiger partial charge in [0.05, 0.1) is 11.8 Å². The van der Waals surface area contributed by atoms with Crippen LogP contribution in [-0.4, -0.2) is 58.6 Å². The van der Waals surface area contributed by atoms with Gasteiger partial charge < -0.3 is 10.2 Å². The van der Waals surface area contributed by atoms with E-state index in [9.17, 15) is 19.2 Å². The first-order valence-corrected chi connectivity index (χ1v) is 13.6. The molecule has 3 atom stereocenters. The van der Waals surface area contributed by atoms with E-state index in [4.69, 9.17) is 0 Å². The minimum absolute atomic E-state index is 0.0341. The van der Waals surface area contributed by atoms with Crippen LogP contribution in [0, 0.1) is 11.8 Å². The zero-order chi connectivity index (χ0) is 25.5. The lowest BCUT2D eigenvalue weighted by molar-refractivity contribution is -0.144. The molecule has 7 heteroatoms. The topological polar surface area (TPSA) is 86.8 Å². The molecule has 3 aliphatic rings. The maximum atomic E-state index is 13.5. The van der Waals surface area contributed by atoms with Gasteiger partial charge in [-0.2, -0.15) is 0 Å². The van der Waals surface area contributed by atoms with Crippen molar-refractivity contribution in [2.75, 3.05) is 13.1 Å². The Bertz CT molecular complexity index is 944. The van der Waals surface area contributed by atoms with Gasteiger partial charge in [0.1, 0.15) is 6.04 Å². The Balaban J connectivity index is 1.43. The molecule has 1 saturated heterocycles. The van der Waals surface area contributed by atoms with Gasteiger partial charge in [-0.1, -0.05) is 68.7 Å². The summed E-state index contributed by atoms with van der Waals surface area (Å²) >= 11 is 0. The summed E-state index contributed by atoms with van der Waals surface area (Å²) in [5, 5.41) is 3.19. The second kappa shape index (κ2) is 12.3. The monoisotopic (exact) mass is 493 g/mol. The summed E-state index contributed by atoms with van der Waals surface area (Å²) in [4.78, 5) is 55.5. The Morgan fingerprint density at radius 3 is 2.25 bits per heavy atom. The Labute approximate surface area is 214 Å². The van der Waals surface area contributed by atoms with E-state index in [0.717, 1.165) is 31.2 Å². The van der Waals surface area contributed by atoms with E-state index in [1.165, 1.54) is 11.3 Å². The molecule has 1 aromatic carbocycles. The molecule has 1 N–H and O–H groups in total. The van der Waals surface area contributed by atoms with Crippen LogP contribution in [-0.2, 0) is 25.6 Å². The number of likely N-dealkylation sites (tertiary alicyclic amines) is 1. The number of imide groups is 1. The summed E-state index contributed by atoms with van der Waals surface area (Å²) < 4.78 is 0. The van der Waals surface area contributed by atoms with Crippen molar-refractivity contribution in [2.45, 2.75) is 83.2 Å². The van der Waals surface area contributed by atoms with E-state index >= 15 is 0 Å². The highest BCUT2D eigenvalue weighted by Gasteiger charge is 2.47. The predicted octanol–water partition coefficient (Wildman–Crippen LogP) is 3.63. The van der Waals surface area contributed by atoms with Crippen molar-refractivity contribution in [2.24, 2.45) is 11.8 Å². The van der Waals surface area contributed by atoms with Crippen LogP contribution in [0.3, 0.4) is 0 Å². The van der Waals surface area contributed by atoms with Gasteiger partial charge in [-0.25, -0.2) is 0 Å². The molecule has 0 radical (unpaired) electrons. The van der Waals surface area contributed by atoms with Crippen molar-refractivity contribution < 1.29 is 19.2 Å². The summed E-state index contributed by atoms with van der Waals surface area (Å²) in [5.74, 6) is -1.21. The first-order chi connectivity index (χ1) is 17.5. The Morgan fingerprint density at radius 1 is 1.00 bits per heavy atom. The number of allylic oxidation sites excluding steroid dienone is 2. The molecule has 4 amide bonds. The van der Waals surface area contributed by atoms with E-state index < -0.39 is 6.04 Å². The molecule has 2 aliphatic carbocycles. The van der Waals surface area contributed by atoms with Gasteiger partial charge in [-0.05, 0) is 44.1 Å². The highest BCUT2D eigenvalue weighted by molar-refractivity contribution is 6.05. The summed E-state index contributed by atoms with van der Waals surface area (Å²) in [6.07, 6.45) is 11.7. The molecule has 1 aliphatic heterocycles. The van der Waals surface area contributed by atoms with Crippen LogP contribution in [0.15, 0.2) is 42.5 Å². The maximum absolute atomic E-state index is 13.5. The molecule has 194 valence electrons. The van der Waals surface area contributed by atoms with Crippen molar-refractivity contribution in [1.29, 1.82) is 0 Å². The average molecular weight is 494 g/mol. The zero-order valence-corrected chi connectivity index (χ0v) is 21.4. The molecule has 2 fully saturated rings.